The molecule has 1 aromatic carbocycles. The summed E-state index contributed by atoms with van der Waals surface area (Å²) in [6.07, 6.45) is 1.34. The molecule has 30 heavy (non-hydrogen) atoms. The number of piperazine rings is 1. The maximum atomic E-state index is 13.9. The lowest BCUT2D eigenvalue weighted by Crippen LogP contribution is -2.50. The van der Waals surface area contributed by atoms with Gasteiger partial charge in [0.05, 0.1) is 6.20 Å². The lowest BCUT2D eigenvalue weighted by Gasteiger charge is -2.33. The second-order valence-electron chi connectivity index (χ2n) is 6.86. The molecular formula is C17H20F2N6O4S. The molecule has 0 aliphatic carbocycles. The van der Waals surface area contributed by atoms with E-state index in [0.717, 1.165) is 16.4 Å². The standard InChI is InChI=1S/C17H20F2N6O4S/c1-22(2)16(26)11-24-10-14(20-21-24)17(27)23-5-7-25(8-6-23)30(28,29)15-9-12(18)3-4-13(15)19/h3-4,9-10H,5-8,11H2,1-2H3. The van der Waals surface area contributed by atoms with Crippen LogP contribution in [0.25, 0.3) is 0 Å². The Morgan fingerprint density at radius 3 is 2.43 bits per heavy atom. The number of sulfonamides is 1. The van der Waals surface area contributed by atoms with Crippen LogP contribution in [-0.4, -0.2) is 89.6 Å². The van der Waals surface area contributed by atoms with Crippen molar-refractivity contribution in [1.82, 2.24) is 29.1 Å². The van der Waals surface area contributed by atoms with Gasteiger partial charge in [0.15, 0.2) is 5.69 Å². The van der Waals surface area contributed by atoms with Gasteiger partial charge in [0.2, 0.25) is 15.9 Å². The summed E-state index contributed by atoms with van der Waals surface area (Å²) in [7, 11) is -1.06. The molecule has 10 nitrogen and oxygen atoms in total. The van der Waals surface area contributed by atoms with Gasteiger partial charge in [-0.2, -0.15) is 4.31 Å². The fraction of sp³-hybridized carbons (Fsp3) is 0.412. The summed E-state index contributed by atoms with van der Waals surface area (Å²) < 4.78 is 54.8. The Morgan fingerprint density at radius 2 is 1.80 bits per heavy atom. The summed E-state index contributed by atoms with van der Waals surface area (Å²) in [6, 6.07) is 2.23. The second kappa shape index (κ2) is 8.44. The largest absolute Gasteiger partial charge is 0.347 e. The molecule has 3 rings (SSSR count). The van der Waals surface area contributed by atoms with Crippen molar-refractivity contribution in [2.45, 2.75) is 11.4 Å². The lowest BCUT2D eigenvalue weighted by atomic mass is 10.3. The van der Waals surface area contributed by atoms with Crippen LogP contribution in [0, 0.1) is 11.6 Å². The number of halogens is 2. The minimum absolute atomic E-state index is 0.0223. The maximum Gasteiger partial charge on any atom is 0.276 e. The maximum absolute atomic E-state index is 13.9. The van der Waals surface area contributed by atoms with E-state index in [1.54, 1.807) is 14.1 Å². The van der Waals surface area contributed by atoms with Crippen molar-refractivity contribution in [2.24, 2.45) is 0 Å². The zero-order valence-electron chi connectivity index (χ0n) is 16.3. The van der Waals surface area contributed by atoms with E-state index in [4.69, 9.17) is 0 Å². The third-order valence-electron chi connectivity index (χ3n) is 4.59. The van der Waals surface area contributed by atoms with Gasteiger partial charge < -0.3 is 9.80 Å². The molecule has 1 aliphatic heterocycles. The van der Waals surface area contributed by atoms with Crippen LogP contribution in [0.4, 0.5) is 8.78 Å². The van der Waals surface area contributed by atoms with Crippen LogP contribution >= 0.6 is 0 Å². The molecule has 0 unspecified atom stereocenters. The summed E-state index contributed by atoms with van der Waals surface area (Å²) >= 11 is 0. The fourth-order valence-electron chi connectivity index (χ4n) is 2.86. The Balaban J connectivity index is 1.65. The first-order valence-corrected chi connectivity index (χ1v) is 10.4. The number of benzene rings is 1. The molecule has 2 aromatic rings. The van der Waals surface area contributed by atoms with Crippen molar-refractivity contribution in [3.05, 3.63) is 41.7 Å². The number of carbonyl (C=O) groups excluding carboxylic acids is 2. The lowest BCUT2D eigenvalue weighted by molar-refractivity contribution is -0.129. The highest BCUT2D eigenvalue weighted by atomic mass is 32.2. The van der Waals surface area contributed by atoms with Crippen LogP contribution in [0.15, 0.2) is 29.3 Å². The van der Waals surface area contributed by atoms with Crippen molar-refractivity contribution in [3.8, 4) is 0 Å². The average Bonchev–Trinajstić information content (AvgIpc) is 3.17. The summed E-state index contributed by atoms with van der Waals surface area (Å²) in [6.45, 7) is -0.163. The van der Waals surface area contributed by atoms with E-state index in [1.165, 1.54) is 20.7 Å². The highest BCUT2D eigenvalue weighted by Gasteiger charge is 2.33. The van der Waals surface area contributed by atoms with Crippen LogP contribution in [0.3, 0.4) is 0 Å². The van der Waals surface area contributed by atoms with Gasteiger partial charge in [-0.15, -0.1) is 5.10 Å². The van der Waals surface area contributed by atoms with Gasteiger partial charge in [-0.25, -0.2) is 21.9 Å². The molecule has 2 heterocycles. The normalized spacial score (nSPS) is 15.3. The molecule has 0 saturated carbocycles. The first-order valence-electron chi connectivity index (χ1n) is 8.94. The minimum Gasteiger partial charge on any atom is -0.347 e. The highest BCUT2D eigenvalue weighted by Crippen LogP contribution is 2.22. The van der Waals surface area contributed by atoms with Crippen LogP contribution in [0.2, 0.25) is 0 Å². The molecule has 0 atom stereocenters. The zero-order valence-corrected chi connectivity index (χ0v) is 17.1. The van der Waals surface area contributed by atoms with Gasteiger partial charge in [-0.05, 0) is 18.2 Å². The average molecular weight is 442 g/mol. The van der Waals surface area contributed by atoms with Crippen LogP contribution in [-0.2, 0) is 21.4 Å². The Bertz CT molecular complexity index is 1060. The molecule has 162 valence electrons. The van der Waals surface area contributed by atoms with E-state index in [0.29, 0.717) is 6.07 Å². The number of carbonyl (C=O) groups is 2. The number of amides is 2. The third-order valence-corrected chi connectivity index (χ3v) is 6.50. The summed E-state index contributed by atoms with van der Waals surface area (Å²) in [5.41, 5.74) is 0.0223. The molecule has 0 spiro atoms. The molecule has 0 radical (unpaired) electrons. The van der Waals surface area contributed by atoms with Crippen LogP contribution < -0.4 is 0 Å². The first kappa shape index (κ1) is 21.8. The Labute approximate surface area is 171 Å². The van der Waals surface area contributed by atoms with Crippen molar-refractivity contribution < 1.29 is 26.8 Å². The molecule has 2 amide bonds. The first-order chi connectivity index (χ1) is 14.1. The van der Waals surface area contributed by atoms with E-state index < -0.39 is 32.5 Å². The SMILES string of the molecule is CN(C)C(=O)Cn1cc(C(=O)N2CCN(S(=O)(=O)c3cc(F)ccc3F)CC2)nn1. The smallest absolute Gasteiger partial charge is 0.276 e. The summed E-state index contributed by atoms with van der Waals surface area (Å²) in [5, 5.41) is 7.52. The predicted octanol–water partition coefficient (Wildman–Crippen LogP) is -0.209. The second-order valence-corrected chi connectivity index (χ2v) is 8.77. The van der Waals surface area contributed by atoms with Gasteiger partial charge in [-0.3, -0.25) is 9.59 Å². The molecular weight excluding hydrogens is 422 g/mol. The molecule has 0 N–H and O–H groups in total. The van der Waals surface area contributed by atoms with Gasteiger partial charge in [0, 0.05) is 40.3 Å². The minimum atomic E-state index is -4.24. The third kappa shape index (κ3) is 4.46. The Hall–Kier alpha value is -2.93. The van der Waals surface area contributed by atoms with Crippen molar-refractivity contribution in [2.75, 3.05) is 40.3 Å². The molecule has 0 bridgehead atoms. The Kier molecular flexibility index (Phi) is 6.12. The number of nitrogens with zero attached hydrogens (tertiary/aromatic N) is 6. The van der Waals surface area contributed by atoms with E-state index >= 15 is 0 Å². The number of hydrogen-bond donors (Lipinski definition) is 0. The number of rotatable bonds is 5. The number of hydrogen-bond acceptors (Lipinski definition) is 6. The zero-order chi connectivity index (χ0) is 22.1. The van der Waals surface area contributed by atoms with E-state index in [9.17, 15) is 26.8 Å². The summed E-state index contributed by atoms with van der Waals surface area (Å²) in [4.78, 5) is 26.3. The van der Waals surface area contributed by atoms with Crippen molar-refractivity contribution in [1.29, 1.82) is 0 Å². The van der Waals surface area contributed by atoms with E-state index in [-0.39, 0.29) is 44.3 Å². The van der Waals surface area contributed by atoms with Crippen LogP contribution in [0.1, 0.15) is 10.5 Å². The molecule has 1 fully saturated rings. The van der Waals surface area contributed by atoms with Gasteiger partial charge in [0.25, 0.3) is 5.91 Å². The predicted molar refractivity (Wildman–Crippen MR) is 99.7 cm³/mol. The highest BCUT2D eigenvalue weighted by molar-refractivity contribution is 7.89. The molecule has 1 aliphatic rings. The van der Waals surface area contributed by atoms with Crippen LogP contribution in [0.5, 0.6) is 0 Å². The van der Waals surface area contributed by atoms with Gasteiger partial charge in [-0.1, -0.05) is 5.21 Å². The van der Waals surface area contributed by atoms with E-state index in [2.05, 4.69) is 10.3 Å². The number of aromatic nitrogens is 3. The fourth-order valence-corrected chi connectivity index (χ4v) is 4.36. The van der Waals surface area contributed by atoms with Crippen molar-refractivity contribution in [3.63, 3.8) is 0 Å². The van der Waals surface area contributed by atoms with Gasteiger partial charge in [0.1, 0.15) is 23.1 Å². The monoisotopic (exact) mass is 442 g/mol. The van der Waals surface area contributed by atoms with Gasteiger partial charge >= 0.3 is 0 Å². The summed E-state index contributed by atoms with van der Waals surface area (Å²) in [5.74, 6) is -2.59. The topological polar surface area (TPSA) is 109 Å². The number of likely N-dealkylation sites (N-methyl/N-ethyl adjacent to an activating group) is 1. The van der Waals surface area contributed by atoms with Crippen molar-refractivity contribution >= 4 is 21.8 Å². The molecule has 1 saturated heterocycles. The molecule has 1 aromatic heterocycles. The quantitative estimate of drug-likeness (QED) is 0.634. The Morgan fingerprint density at radius 1 is 1.13 bits per heavy atom. The molecule has 13 heteroatoms. The van der Waals surface area contributed by atoms with E-state index in [1.807, 2.05) is 0 Å².